The van der Waals surface area contributed by atoms with Crippen molar-refractivity contribution in [2.24, 2.45) is 0 Å². The van der Waals surface area contributed by atoms with E-state index < -0.39 is 17.3 Å². The molecule has 0 saturated heterocycles. The zero-order chi connectivity index (χ0) is 10.7. The summed E-state index contributed by atoms with van der Waals surface area (Å²) < 4.78 is 0. The first-order valence-corrected chi connectivity index (χ1v) is 4.02. The summed E-state index contributed by atoms with van der Waals surface area (Å²) in [4.78, 5) is 20.4. The molecule has 0 aromatic heterocycles. The molecule has 0 heterocycles. The molecule has 0 aliphatic carbocycles. The van der Waals surface area contributed by atoms with Gasteiger partial charge in [0.05, 0.1) is 5.56 Å². The molecule has 1 aromatic carbocycles. The van der Waals surface area contributed by atoms with E-state index in [1.54, 1.807) is 0 Å². The Bertz CT molecular complexity index is 391. The second-order valence-corrected chi connectivity index (χ2v) is 3.01. The molecule has 0 bridgehead atoms. The second-order valence-electron chi connectivity index (χ2n) is 2.58. The first kappa shape index (κ1) is 10.5. The van der Waals surface area contributed by atoms with Crippen LogP contribution in [0.5, 0.6) is 5.75 Å². The van der Waals surface area contributed by atoms with E-state index in [0.717, 1.165) is 6.07 Å². The average molecular weight is 216 g/mol. The van der Waals surface area contributed by atoms with Gasteiger partial charge in [-0.1, -0.05) is 11.6 Å². The summed E-state index contributed by atoms with van der Waals surface area (Å²) in [5, 5.41) is 19.5. The largest absolute Gasteiger partial charge is 0.507 e. The fraction of sp³-hybridized carbons (Fsp3) is 0.125. The van der Waals surface area contributed by atoms with Crippen LogP contribution in [0.4, 0.5) is 0 Å². The number of ketones is 1. The number of halogens is 1. The van der Waals surface area contributed by atoms with Crippen LogP contribution < -0.4 is 0 Å². The first-order valence-electron chi connectivity index (χ1n) is 3.64. The highest BCUT2D eigenvalue weighted by molar-refractivity contribution is 6.30. The maximum absolute atomic E-state index is 11.1. The third-order valence-corrected chi connectivity index (χ3v) is 1.77. The van der Waals surface area contributed by atoms with Crippen molar-refractivity contribution in [3.05, 3.63) is 38.9 Å². The number of carbonyl (C=O) groups excluding carboxylic acids is 1. The van der Waals surface area contributed by atoms with Crippen LogP contribution in [0.1, 0.15) is 10.4 Å². The highest BCUT2D eigenvalue weighted by Crippen LogP contribution is 2.22. The predicted molar refractivity (Wildman–Crippen MR) is 49.3 cm³/mol. The summed E-state index contributed by atoms with van der Waals surface area (Å²) in [5.41, 5.74) is -0.0916. The molecular weight excluding hydrogens is 210 g/mol. The topological polar surface area (TPSA) is 80.4 Å². The fourth-order valence-electron chi connectivity index (χ4n) is 0.943. The SMILES string of the molecule is O=C(C[N+](=O)[O-])c1ccc(Cl)cc1O. The minimum absolute atomic E-state index is 0.0916. The van der Waals surface area contributed by atoms with Gasteiger partial charge in [-0.3, -0.25) is 14.9 Å². The number of hydrogen-bond acceptors (Lipinski definition) is 4. The highest BCUT2D eigenvalue weighted by atomic mass is 35.5. The Kier molecular flexibility index (Phi) is 3.03. The van der Waals surface area contributed by atoms with Gasteiger partial charge in [-0.05, 0) is 18.2 Å². The van der Waals surface area contributed by atoms with E-state index >= 15 is 0 Å². The first-order chi connectivity index (χ1) is 6.50. The summed E-state index contributed by atoms with van der Waals surface area (Å²) >= 11 is 5.52. The molecule has 5 nitrogen and oxygen atoms in total. The van der Waals surface area contributed by atoms with Crippen LogP contribution in [0.15, 0.2) is 18.2 Å². The van der Waals surface area contributed by atoms with Gasteiger partial charge in [0.2, 0.25) is 5.78 Å². The number of carbonyl (C=O) groups is 1. The van der Waals surface area contributed by atoms with E-state index in [-0.39, 0.29) is 16.3 Å². The molecular formula is C8H6ClNO4. The highest BCUT2D eigenvalue weighted by Gasteiger charge is 2.16. The van der Waals surface area contributed by atoms with Gasteiger partial charge in [-0.2, -0.15) is 0 Å². The van der Waals surface area contributed by atoms with Crippen molar-refractivity contribution in [2.45, 2.75) is 0 Å². The Labute approximate surface area is 84.1 Å². The maximum atomic E-state index is 11.1. The number of rotatable bonds is 3. The lowest BCUT2D eigenvalue weighted by Gasteiger charge is -2.00. The molecule has 74 valence electrons. The van der Waals surface area contributed by atoms with Crippen molar-refractivity contribution in [1.82, 2.24) is 0 Å². The molecule has 0 spiro atoms. The standard InChI is InChI=1S/C8H6ClNO4/c9-5-1-2-6(7(11)3-5)8(12)4-10(13)14/h1-3,11H,4H2. The Hall–Kier alpha value is -1.62. The van der Waals surface area contributed by atoms with Gasteiger partial charge in [-0.25, -0.2) is 0 Å². The molecule has 0 unspecified atom stereocenters. The van der Waals surface area contributed by atoms with Gasteiger partial charge in [0.25, 0.3) is 6.54 Å². The quantitative estimate of drug-likeness (QED) is 0.471. The van der Waals surface area contributed by atoms with Crippen LogP contribution in [0.25, 0.3) is 0 Å². The molecule has 14 heavy (non-hydrogen) atoms. The van der Waals surface area contributed by atoms with E-state index in [9.17, 15) is 20.0 Å². The molecule has 0 saturated carbocycles. The second kappa shape index (κ2) is 4.06. The molecule has 1 aromatic rings. The van der Waals surface area contributed by atoms with Crippen molar-refractivity contribution >= 4 is 17.4 Å². The summed E-state index contributed by atoms with van der Waals surface area (Å²) in [6, 6.07) is 3.80. The number of hydrogen-bond donors (Lipinski definition) is 1. The van der Waals surface area contributed by atoms with Crippen molar-refractivity contribution in [1.29, 1.82) is 0 Å². The van der Waals surface area contributed by atoms with Gasteiger partial charge in [0.1, 0.15) is 5.75 Å². The fourth-order valence-corrected chi connectivity index (χ4v) is 1.11. The van der Waals surface area contributed by atoms with Crippen LogP contribution >= 0.6 is 11.6 Å². The number of nitro groups is 1. The van der Waals surface area contributed by atoms with Gasteiger partial charge in [0, 0.05) is 9.95 Å². The Balaban J connectivity index is 2.96. The van der Waals surface area contributed by atoms with Crippen molar-refractivity contribution < 1.29 is 14.8 Å². The normalized spacial score (nSPS) is 9.79. The summed E-state index contributed by atoms with van der Waals surface area (Å²) in [7, 11) is 0. The minimum atomic E-state index is -0.838. The van der Waals surface area contributed by atoms with Crippen LogP contribution in [0.2, 0.25) is 5.02 Å². The van der Waals surface area contributed by atoms with E-state index in [1.165, 1.54) is 12.1 Å². The van der Waals surface area contributed by atoms with Gasteiger partial charge in [-0.15, -0.1) is 0 Å². The van der Waals surface area contributed by atoms with Gasteiger partial charge < -0.3 is 5.11 Å². The Morgan fingerprint density at radius 3 is 2.71 bits per heavy atom. The number of Topliss-reactive ketones (excluding diaryl/α,β-unsaturated/α-hetero) is 1. The predicted octanol–water partition coefficient (Wildman–Crippen LogP) is 1.51. The summed E-state index contributed by atoms with van der Waals surface area (Å²) in [5.74, 6) is -1.09. The number of benzene rings is 1. The van der Waals surface area contributed by atoms with Gasteiger partial charge >= 0.3 is 0 Å². The van der Waals surface area contributed by atoms with E-state index in [0.29, 0.717) is 0 Å². The third-order valence-electron chi connectivity index (χ3n) is 1.53. The van der Waals surface area contributed by atoms with E-state index in [1.807, 2.05) is 0 Å². The van der Waals surface area contributed by atoms with E-state index in [2.05, 4.69) is 0 Å². The number of phenolic OH excluding ortho intramolecular Hbond substituents is 1. The zero-order valence-corrected chi connectivity index (χ0v) is 7.69. The number of nitrogens with zero attached hydrogens (tertiary/aromatic N) is 1. The van der Waals surface area contributed by atoms with Gasteiger partial charge in [0.15, 0.2) is 0 Å². The number of aromatic hydroxyl groups is 1. The summed E-state index contributed by atoms with van der Waals surface area (Å²) in [6.07, 6.45) is 0. The van der Waals surface area contributed by atoms with Crippen LogP contribution in [0, 0.1) is 10.1 Å². The van der Waals surface area contributed by atoms with Crippen LogP contribution in [-0.4, -0.2) is 22.4 Å². The molecule has 0 radical (unpaired) electrons. The molecule has 0 atom stereocenters. The maximum Gasteiger partial charge on any atom is 0.265 e. The molecule has 0 aliphatic heterocycles. The van der Waals surface area contributed by atoms with Crippen LogP contribution in [0.3, 0.4) is 0 Å². The molecule has 1 N–H and O–H groups in total. The van der Waals surface area contributed by atoms with Crippen molar-refractivity contribution in [3.63, 3.8) is 0 Å². The lowest BCUT2D eigenvalue weighted by molar-refractivity contribution is -0.465. The Morgan fingerprint density at radius 1 is 1.57 bits per heavy atom. The average Bonchev–Trinajstić information content (AvgIpc) is 2.01. The Morgan fingerprint density at radius 2 is 2.21 bits per heavy atom. The molecule has 6 heteroatoms. The number of phenols is 1. The smallest absolute Gasteiger partial charge is 0.265 e. The lowest BCUT2D eigenvalue weighted by atomic mass is 10.1. The van der Waals surface area contributed by atoms with Crippen LogP contribution in [-0.2, 0) is 0 Å². The molecule has 0 fully saturated rings. The zero-order valence-electron chi connectivity index (χ0n) is 6.94. The van der Waals surface area contributed by atoms with E-state index in [4.69, 9.17) is 11.6 Å². The van der Waals surface area contributed by atoms with Crippen molar-refractivity contribution in [3.8, 4) is 5.75 Å². The van der Waals surface area contributed by atoms with Crippen molar-refractivity contribution in [2.75, 3.05) is 6.54 Å². The molecule has 0 aliphatic rings. The summed E-state index contributed by atoms with van der Waals surface area (Å²) in [6.45, 7) is -0.838. The lowest BCUT2D eigenvalue weighted by Crippen LogP contribution is -2.13. The third kappa shape index (κ3) is 2.43. The monoisotopic (exact) mass is 215 g/mol. The molecule has 0 amide bonds. The molecule has 1 rings (SSSR count). The minimum Gasteiger partial charge on any atom is -0.507 e.